The summed E-state index contributed by atoms with van der Waals surface area (Å²) in [5.41, 5.74) is 2.71. The highest BCUT2D eigenvalue weighted by molar-refractivity contribution is 6.30. The topological polar surface area (TPSA) is 54.9 Å². The highest BCUT2D eigenvalue weighted by atomic mass is 35.5. The van der Waals surface area contributed by atoms with E-state index in [4.69, 9.17) is 11.6 Å². The molecule has 0 radical (unpaired) electrons. The zero-order valence-corrected chi connectivity index (χ0v) is 18.1. The molecule has 6 heteroatoms. The standard InChI is InChI=1S/C25H25ClFN3O/c1-14(25(31)30-21-10-19(26)12-28-13-21)15-6-16-8-18(9-17(16)7-15)22-4-5-29-24-3-2-20(27)11-23(22)24/h2-5,10-18H,6-9H2,1H3,(H,30,31)/t14?,15-,16-,17+,18+. The van der Waals surface area contributed by atoms with Crippen molar-refractivity contribution < 1.29 is 9.18 Å². The van der Waals surface area contributed by atoms with Crippen LogP contribution in [0.25, 0.3) is 10.9 Å². The van der Waals surface area contributed by atoms with Gasteiger partial charge in [-0.05, 0) is 85.3 Å². The fraction of sp³-hybridized carbons (Fsp3) is 0.400. The van der Waals surface area contributed by atoms with Gasteiger partial charge in [0.25, 0.3) is 0 Å². The van der Waals surface area contributed by atoms with Gasteiger partial charge >= 0.3 is 0 Å². The van der Waals surface area contributed by atoms with E-state index in [9.17, 15) is 9.18 Å². The molecule has 3 aromatic rings. The van der Waals surface area contributed by atoms with E-state index in [2.05, 4.69) is 21.4 Å². The van der Waals surface area contributed by atoms with Crippen LogP contribution in [0.15, 0.2) is 48.9 Å². The van der Waals surface area contributed by atoms with Crippen LogP contribution in [-0.2, 0) is 4.79 Å². The van der Waals surface area contributed by atoms with E-state index in [0.29, 0.717) is 34.4 Å². The van der Waals surface area contributed by atoms with Crippen LogP contribution < -0.4 is 5.32 Å². The van der Waals surface area contributed by atoms with Gasteiger partial charge in [-0.2, -0.15) is 0 Å². The van der Waals surface area contributed by atoms with Crippen LogP contribution in [0.3, 0.4) is 0 Å². The Morgan fingerprint density at radius 2 is 1.90 bits per heavy atom. The number of benzene rings is 1. The first-order valence-electron chi connectivity index (χ1n) is 10.9. The maximum Gasteiger partial charge on any atom is 0.227 e. The Balaban J connectivity index is 1.25. The molecule has 2 fully saturated rings. The van der Waals surface area contributed by atoms with E-state index in [0.717, 1.165) is 36.6 Å². The first-order chi connectivity index (χ1) is 15.0. The molecule has 2 aliphatic carbocycles. The van der Waals surface area contributed by atoms with E-state index >= 15 is 0 Å². The predicted molar refractivity (Wildman–Crippen MR) is 120 cm³/mol. The minimum absolute atomic E-state index is 0.0289. The Morgan fingerprint density at radius 1 is 1.13 bits per heavy atom. The summed E-state index contributed by atoms with van der Waals surface area (Å²) < 4.78 is 13.9. The zero-order valence-electron chi connectivity index (χ0n) is 17.4. The minimum atomic E-state index is -0.213. The number of hydrogen-bond acceptors (Lipinski definition) is 3. The molecule has 2 aliphatic rings. The minimum Gasteiger partial charge on any atom is -0.324 e. The smallest absolute Gasteiger partial charge is 0.227 e. The van der Waals surface area contributed by atoms with Crippen LogP contribution >= 0.6 is 11.6 Å². The summed E-state index contributed by atoms with van der Waals surface area (Å²) in [6, 6.07) is 8.62. The lowest BCUT2D eigenvalue weighted by atomic mass is 9.86. The van der Waals surface area contributed by atoms with Gasteiger partial charge in [0.1, 0.15) is 5.82 Å². The van der Waals surface area contributed by atoms with Crippen molar-refractivity contribution in [1.29, 1.82) is 0 Å². The van der Waals surface area contributed by atoms with Gasteiger partial charge in [0, 0.05) is 23.7 Å². The van der Waals surface area contributed by atoms with Gasteiger partial charge in [-0.1, -0.05) is 18.5 Å². The maximum absolute atomic E-state index is 13.9. The number of carbonyl (C=O) groups excluding carboxylic acids is 1. The van der Waals surface area contributed by atoms with E-state index in [1.165, 1.54) is 11.6 Å². The fourth-order valence-electron chi connectivity index (χ4n) is 5.77. The molecular formula is C25H25ClFN3O. The highest BCUT2D eigenvalue weighted by Crippen LogP contribution is 2.54. The monoisotopic (exact) mass is 437 g/mol. The Morgan fingerprint density at radius 3 is 2.65 bits per heavy atom. The largest absolute Gasteiger partial charge is 0.324 e. The van der Waals surface area contributed by atoms with Crippen molar-refractivity contribution >= 4 is 34.1 Å². The fourth-order valence-corrected chi connectivity index (χ4v) is 5.95. The molecule has 5 rings (SSSR count). The predicted octanol–water partition coefficient (Wildman–Crippen LogP) is 6.22. The molecule has 0 aliphatic heterocycles. The molecule has 31 heavy (non-hydrogen) atoms. The molecule has 0 bridgehead atoms. The molecule has 4 nitrogen and oxygen atoms in total. The van der Waals surface area contributed by atoms with Gasteiger partial charge in [-0.15, -0.1) is 0 Å². The number of nitrogens with one attached hydrogen (secondary N) is 1. The number of pyridine rings is 2. The summed E-state index contributed by atoms with van der Waals surface area (Å²) in [7, 11) is 0. The van der Waals surface area contributed by atoms with Crippen molar-refractivity contribution in [2.75, 3.05) is 5.32 Å². The summed E-state index contributed by atoms with van der Waals surface area (Å²) in [5.74, 6) is 1.82. The van der Waals surface area contributed by atoms with E-state index in [1.807, 2.05) is 13.1 Å². The number of aromatic nitrogens is 2. The molecule has 2 heterocycles. The molecule has 2 aromatic heterocycles. The van der Waals surface area contributed by atoms with Crippen molar-refractivity contribution in [3.63, 3.8) is 0 Å². The van der Waals surface area contributed by atoms with E-state index in [-0.39, 0.29) is 17.6 Å². The van der Waals surface area contributed by atoms with E-state index in [1.54, 1.807) is 30.6 Å². The third-order valence-corrected chi connectivity index (χ3v) is 7.53. The van der Waals surface area contributed by atoms with Crippen molar-refractivity contribution in [2.24, 2.45) is 23.7 Å². The molecule has 0 saturated heterocycles. The maximum atomic E-state index is 13.9. The van der Waals surface area contributed by atoms with Crippen molar-refractivity contribution in [1.82, 2.24) is 9.97 Å². The average Bonchev–Trinajstić information content (AvgIpc) is 3.32. The molecule has 1 amide bonds. The molecule has 0 spiro atoms. The second-order valence-electron chi connectivity index (χ2n) is 9.15. The van der Waals surface area contributed by atoms with Gasteiger partial charge in [-0.3, -0.25) is 14.8 Å². The number of halogens is 2. The number of hydrogen-bond donors (Lipinski definition) is 1. The van der Waals surface area contributed by atoms with Crippen molar-refractivity contribution in [3.05, 3.63) is 65.3 Å². The Labute approximate surface area is 186 Å². The van der Waals surface area contributed by atoms with Gasteiger partial charge in [0.05, 0.1) is 22.4 Å². The number of anilines is 1. The molecule has 1 unspecified atom stereocenters. The van der Waals surface area contributed by atoms with Crippen LogP contribution in [0.4, 0.5) is 10.1 Å². The van der Waals surface area contributed by atoms with Crippen LogP contribution in [0.1, 0.15) is 44.1 Å². The van der Waals surface area contributed by atoms with Crippen molar-refractivity contribution in [3.8, 4) is 0 Å². The van der Waals surface area contributed by atoms with Gasteiger partial charge < -0.3 is 5.32 Å². The first kappa shape index (κ1) is 20.4. The second kappa shape index (κ2) is 8.19. The van der Waals surface area contributed by atoms with Gasteiger partial charge in [0.15, 0.2) is 0 Å². The number of rotatable bonds is 4. The second-order valence-corrected chi connectivity index (χ2v) is 9.59. The van der Waals surface area contributed by atoms with Gasteiger partial charge in [-0.25, -0.2) is 4.39 Å². The molecule has 1 aromatic carbocycles. The molecule has 5 atom stereocenters. The van der Waals surface area contributed by atoms with Gasteiger partial charge in [0.2, 0.25) is 5.91 Å². The summed E-state index contributed by atoms with van der Waals surface area (Å²) in [4.78, 5) is 21.2. The lowest BCUT2D eigenvalue weighted by molar-refractivity contribution is -0.120. The number of fused-ring (bicyclic) bond motifs is 2. The first-order valence-corrected chi connectivity index (χ1v) is 11.3. The van der Waals surface area contributed by atoms with Crippen LogP contribution in [0, 0.1) is 29.5 Å². The summed E-state index contributed by atoms with van der Waals surface area (Å²) >= 11 is 5.97. The number of carbonyl (C=O) groups is 1. The third-order valence-electron chi connectivity index (χ3n) is 7.32. The summed E-state index contributed by atoms with van der Waals surface area (Å²) in [6.07, 6.45) is 9.35. The third kappa shape index (κ3) is 4.03. The van der Waals surface area contributed by atoms with Crippen molar-refractivity contribution in [2.45, 2.75) is 38.5 Å². The summed E-state index contributed by atoms with van der Waals surface area (Å²) in [5, 5.41) is 4.40. The Kier molecular flexibility index (Phi) is 5.39. The SMILES string of the molecule is CC(C(=O)Nc1cncc(Cl)c1)[C@H]1C[C@H]2C[C@@H](c3ccnc4ccc(F)cc34)C[C@H]2C1. The number of amides is 1. The quantitative estimate of drug-likeness (QED) is 0.527. The normalized spacial score (nSPS) is 26.0. The van der Waals surface area contributed by atoms with Crippen LogP contribution in [0.2, 0.25) is 5.02 Å². The Bertz CT molecular complexity index is 1120. The lowest BCUT2D eigenvalue weighted by Gasteiger charge is -2.21. The summed E-state index contributed by atoms with van der Waals surface area (Å²) in [6.45, 7) is 2.02. The molecule has 2 saturated carbocycles. The Hall–Kier alpha value is -2.53. The highest BCUT2D eigenvalue weighted by Gasteiger charge is 2.44. The van der Waals surface area contributed by atoms with Crippen LogP contribution in [-0.4, -0.2) is 15.9 Å². The van der Waals surface area contributed by atoms with Crippen LogP contribution in [0.5, 0.6) is 0 Å². The zero-order chi connectivity index (χ0) is 21.5. The number of nitrogens with zero attached hydrogens (tertiary/aromatic N) is 2. The average molecular weight is 438 g/mol. The molecule has 160 valence electrons. The van der Waals surface area contributed by atoms with E-state index < -0.39 is 0 Å². The lowest BCUT2D eigenvalue weighted by Crippen LogP contribution is -2.26. The molecular weight excluding hydrogens is 413 g/mol. The molecule has 1 N–H and O–H groups in total.